The molecule has 2 N–H and O–H groups in total. The van der Waals surface area contributed by atoms with Crippen LogP contribution in [0.3, 0.4) is 0 Å². The van der Waals surface area contributed by atoms with Crippen molar-refractivity contribution < 1.29 is 14.3 Å². The molecule has 1 rings (SSSR count). The molecule has 3 nitrogen and oxygen atoms in total. The first kappa shape index (κ1) is 13.8. The van der Waals surface area contributed by atoms with Gasteiger partial charge in [-0.3, -0.25) is 4.79 Å². The molecule has 1 aromatic rings. The zero-order valence-electron chi connectivity index (χ0n) is 9.54. The van der Waals surface area contributed by atoms with Crippen molar-refractivity contribution >= 4 is 17.5 Å². The molecule has 0 radical (unpaired) electrons. The number of aromatic hydroxyl groups is 1. The second-order valence-electron chi connectivity index (χ2n) is 3.87. The Morgan fingerprint density at radius 1 is 1.59 bits per heavy atom. The van der Waals surface area contributed by atoms with E-state index >= 15 is 0 Å². The molecule has 0 spiro atoms. The van der Waals surface area contributed by atoms with Gasteiger partial charge in [0.15, 0.2) is 0 Å². The molecule has 1 atom stereocenters. The van der Waals surface area contributed by atoms with E-state index in [0.717, 1.165) is 25.0 Å². The Hall–Kier alpha value is -1.29. The predicted molar refractivity (Wildman–Crippen MR) is 64.9 cm³/mol. The van der Waals surface area contributed by atoms with Crippen molar-refractivity contribution in [3.05, 3.63) is 29.6 Å². The molecular formula is C12H15ClFNO2. The number of amides is 1. The molecule has 1 amide bonds. The summed E-state index contributed by atoms with van der Waals surface area (Å²) in [5, 5.41) is 12.1. The number of hydrogen-bond acceptors (Lipinski definition) is 2. The second kappa shape index (κ2) is 6.45. The number of nitrogens with one attached hydrogen (secondary N) is 1. The summed E-state index contributed by atoms with van der Waals surface area (Å²) in [5.74, 6) is -0.798. The Kier molecular flexibility index (Phi) is 5.22. The zero-order chi connectivity index (χ0) is 12.8. The summed E-state index contributed by atoms with van der Waals surface area (Å²) in [5.41, 5.74) is 0.0733. The minimum absolute atomic E-state index is 0.0364. The maximum atomic E-state index is 12.7. The van der Waals surface area contributed by atoms with Crippen LogP contribution in [0.15, 0.2) is 18.2 Å². The van der Waals surface area contributed by atoms with Crippen molar-refractivity contribution in [3.8, 4) is 5.75 Å². The first-order chi connectivity index (χ1) is 8.04. The molecule has 0 fully saturated rings. The molecule has 0 heterocycles. The number of rotatable bonds is 5. The molecule has 0 bridgehead atoms. The van der Waals surface area contributed by atoms with E-state index in [9.17, 15) is 14.3 Å². The van der Waals surface area contributed by atoms with Crippen LogP contribution in [-0.2, 0) is 0 Å². The lowest BCUT2D eigenvalue weighted by atomic mass is 10.1. The molecule has 5 heteroatoms. The van der Waals surface area contributed by atoms with Crippen molar-refractivity contribution in [2.45, 2.75) is 25.8 Å². The van der Waals surface area contributed by atoms with Gasteiger partial charge in [0.25, 0.3) is 5.91 Å². The van der Waals surface area contributed by atoms with E-state index in [1.54, 1.807) is 0 Å². The van der Waals surface area contributed by atoms with Crippen LogP contribution in [0.5, 0.6) is 5.75 Å². The lowest BCUT2D eigenvalue weighted by Gasteiger charge is -2.13. The molecule has 0 aromatic heterocycles. The minimum Gasteiger partial charge on any atom is -0.507 e. The Morgan fingerprint density at radius 3 is 2.88 bits per heavy atom. The van der Waals surface area contributed by atoms with Gasteiger partial charge in [-0.05, 0) is 31.9 Å². The van der Waals surface area contributed by atoms with Crippen LogP contribution in [0.2, 0.25) is 0 Å². The summed E-state index contributed by atoms with van der Waals surface area (Å²) in [6.07, 6.45) is 1.57. The van der Waals surface area contributed by atoms with E-state index in [4.69, 9.17) is 11.6 Å². The summed E-state index contributed by atoms with van der Waals surface area (Å²) >= 11 is 5.55. The molecular weight excluding hydrogens is 245 g/mol. The van der Waals surface area contributed by atoms with Gasteiger partial charge in [-0.1, -0.05) is 0 Å². The number of phenols is 1. The molecule has 17 heavy (non-hydrogen) atoms. The van der Waals surface area contributed by atoms with Crippen LogP contribution in [0.25, 0.3) is 0 Å². The van der Waals surface area contributed by atoms with Crippen molar-refractivity contribution in [2.24, 2.45) is 0 Å². The van der Waals surface area contributed by atoms with Gasteiger partial charge in [-0.2, -0.15) is 0 Å². The average molecular weight is 260 g/mol. The zero-order valence-corrected chi connectivity index (χ0v) is 10.3. The first-order valence-corrected chi connectivity index (χ1v) is 5.93. The monoisotopic (exact) mass is 259 g/mol. The van der Waals surface area contributed by atoms with Gasteiger partial charge in [-0.25, -0.2) is 4.39 Å². The first-order valence-electron chi connectivity index (χ1n) is 5.40. The van der Waals surface area contributed by atoms with Gasteiger partial charge < -0.3 is 10.4 Å². The summed E-state index contributed by atoms with van der Waals surface area (Å²) in [6, 6.07) is 3.27. The average Bonchev–Trinajstić information content (AvgIpc) is 2.26. The van der Waals surface area contributed by atoms with Gasteiger partial charge in [-0.15, -0.1) is 11.6 Å². The summed E-state index contributed by atoms with van der Waals surface area (Å²) in [6.45, 7) is 1.85. The molecule has 0 aliphatic heterocycles. The van der Waals surface area contributed by atoms with Crippen molar-refractivity contribution in [2.75, 3.05) is 5.88 Å². The third kappa shape index (κ3) is 4.23. The lowest BCUT2D eigenvalue weighted by Crippen LogP contribution is -2.32. The Labute approximate surface area is 105 Å². The maximum Gasteiger partial charge on any atom is 0.255 e. The van der Waals surface area contributed by atoms with E-state index in [0.29, 0.717) is 5.88 Å². The number of carbonyl (C=O) groups is 1. The van der Waals surface area contributed by atoms with Crippen LogP contribution in [0, 0.1) is 5.82 Å². The fourth-order valence-electron chi connectivity index (χ4n) is 1.45. The number of carbonyl (C=O) groups excluding carboxylic acids is 1. The fourth-order valence-corrected chi connectivity index (χ4v) is 1.61. The Bertz CT molecular complexity index is 398. The highest BCUT2D eigenvalue weighted by Gasteiger charge is 2.13. The van der Waals surface area contributed by atoms with Crippen molar-refractivity contribution in [1.29, 1.82) is 0 Å². The third-order valence-electron chi connectivity index (χ3n) is 2.35. The fraction of sp³-hybridized carbons (Fsp3) is 0.417. The lowest BCUT2D eigenvalue weighted by molar-refractivity contribution is 0.0935. The summed E-state index contributed by atoms with van der Waals surface area (Å²) < 4.78 is 12.7. The number of phenolic OH excluding ortho intramolecular Hbond substituents is 1. The highest BCUT2D eigenvalue weighted by atomic mass is 35.5. The van der Waals surface area contributed by atoms with Crippen LogP contribution in [0.1, 0.15) is 30.1 Å². The standard InChI is InChI=1S/C12H15ClFNO2/c1-8(3-2-6-13)15-12(17)10-5-4-9(14)7-11(10)16/h4-5,7-8,16H,2-3,6H2,1H3,(H,15,17). The Balaban J connectivity index is 2.63. The topological polar surface area (TPSA) is 49.3 Å². The number of halogens is 2. The van der Waals surface area contributed by atoms with Crippen molar-refractivity contribution in [3.63, 3.8) is 0 Å². The van der Waals surface area contributed by atoms with E-state index in [2.05, 4.69) is 5.32 Å². The third-order valence-corrected chi connectivity index (χ3v) is 2.62. The summed E-state index contributed by atoms with van der Waals surface area (Å²) in [7, 11) is 0. The molecule has 1 aromatic carbocycles. The van der Waals surface area contributed by atoms with Crippen LogP contribution >= 0.6 is 11.6 Å². The van der Waals surface area contributed by atoms with E-state index in [1.807, 2.05) is 6.92 Å². The highest BCUT2D eigenvalue weighted by molar-refractivity contribution is 6.17. The minimum atomic E-state index is -0.575. The van der Waals surface area contributed by atoms with E-state index in [-0.39, 0.29) is 17.4 Å². The second-order valence-corrected chi connectivity index (χ2v) is 4.25. The number of alkyl halides is 1. The van der Waals surface area contributed by atoms with Gasteiger partial charge in [0.05, 0.1) is 5.56 Å². The highest BCUT2D eigenvalue weighted by Crippen LogP contribution is 2.18. The quantitative estimate of drug-likeness (QED) is 0.799. The van der Waals surface area contributed by atoms with Gasteiger partial charge in [0.2, 0.25) is 0 Å². The molecule has 1 unspecified atom stereocenters. The SMILES string of the molecule is CC(CCCCl)NC(=O)c1ccc(F)cc1O. The maximum absolute atomic E-state index is 12.7. The molecule has 0 saturated heterocycles. The summed E-state index contributed by atoms with van der Waals surface area (Å²) in [4.78, 5) is 11.7. The predicted octanol–water partition coefficient (Wildman–Crippen LogP) is 2.67. The Morgan fingerprint density at radius 2 is 2.29 bits per heavy atom. The molecule has 94 valence electrons. The van der Waals surface area contributed by atoms with Crippen LogP contribution in [-0.4, -0.2) is 22.9 Å². The number of hydrogen-bond donors (Lipinski definition) is 2. The molecule has 0 saturated carbocycles. The normalized spacial score (nSPS) is 12.2. The molecule has 0 aliphatic carbocycles. The van der Waals surface area contributed by atoms with Crippen molar-refractivity contribution in [1.82, 2.24) is 5.32 Å². The van der Waals surface area contributed by atoms with Crippen LogP contribution < -0.4 is 5.32 Å². The van der Waals surface area contributed by atoms with E-state index < -0.39 is 11.7 Å². The van der Waals surface area contributed by atoms with Crippen LogP contribution in [0.4, 0.5) is 4.39 Å². The van der Waals surface area contributed by atoms with E-state index in [1.165, 1.54) is 6.07 Å². The van der Waals surface area contributed by atoms with Gasteiger partial charge >= 0.3 is 0 Å². The number of benzene rings is 1. The van der Waals surface area contributed by atoms with Gasteiger partial charge in [0.1, 0.15) is 11.6 Å². The largest absolute Gasteiger partial charge is 0.507 e. The smallest absolute Gasteiger partial charge is 0.255 e. The van der Waals surface area contributed by atoms with Gasteiger partial charge in [0, 0.05) is 18.0 Å². The molecule has 0 aliphatic rings.